The lowest BCUT2D eigenvalue weighted by Gasteiger charge is -2.32. The summed E-state index contributed by atoms with van der Waals surface area (Å²) in [7, 11) is -3.67. The molecule has 43 heavy (non-hydrogen) atoms. The number of amides is 2. The van der Waals surface area contributed by atoms with Crippen molar-refractivity contribution in [2.24, 2.45) is 0 Å². The molecule has 1 heterocycles. The van der Waals surface area contributed by atoms with Crippen molar-refractivity contribution in [2.75, 3.05) is 30.4 Å². The Morgan fingerprint density at radius 2 is 1.70 bits per heavy atom. The molecular weight excluding hydrogens is 613 g/mol. The van der Waals surface area contributed by atoms with Gasteiger partial charge in [0.25, 0.3) is 0 Å². The van der Waals surface area contributed by atoms with E-state index in [1.165, 1.54) is 4.31 Å². The predicted molar refractivity (Wildman–Crippen MR) is 168 cm³/mol. The molecule has 230 valence electrons. The highest BCUT2D eigenvalue weighted by Crippen LogP contribution is 2.36. The molecule has 1 aliphatic rings. The quantitative estimate of drug-likeness (QED) is 0.250. The Labute approximate surface area is 262 Å². The number of ether oxygens (including phenoxy) is 2. The Balaban J connectivity index is 1.58. The van der Waals surface area contributed by atoms with Crippen molar-refractivity contribution in [3.8, 4) is 11.5 Å². The number of anilines is 1. The smallest absolute Gasteiger partial charge is 0.243 e. The highest BCUT2D eigenvalue weighted by atomic mass is 35.5. The first-order valence-electron chi connectivity index (χ1n) is 14.0. The van der Waals surface area contributed by atoms with Gasteiger partial charge < -0.3 is 19.7 Å². The molecule has 4 rings (SSSR count). The van der Waals surface area contributed by atoms with Crippen molar-refractivity contribution in [2.45, 2.75) is 45.2 Å². The van der Waals surface area contributed by atoms with E-state index in [-0.39, 0.29) is 44.5 Å². The van der Waals surface area contributed by atoms with E-state index >= 15 is 0 Å². The van der Waals surface area contributed by atoms with Crippen LogP contribution >= 0.6 is 23.2 Å². The molecule has 0 unspecified atom stereocenters. The number of hydrogen-bond donors (Lipinski definition) is 1. The molecule has 0 saturated carbocycles. The number of hydrogen-bond acceptors (Lipinski definition) is 6. The summed E-state index contributed by atoms with van der Waals surface area (Å²) in [6, 6.07) is 18.7. The van der Waals surface area contributed by atoms with Gasteiger partial charge in [-0.05, 0) is 48.2 Å². The number of fused-ring (bicyclic) bond motifs is 1. The van der Waals surface area contributed by atoms with Crippen LogP contribution in [0.2, 0.25) is 10.0 Å². The molecule has 9 nitrogen and oxygen atoms in total. The van der Waals surface area contributed by atoms with Crippen molar-refractivity contribution in [3.05, 3.63) is 87.9 Å². The van der Waals surface area contributed by atoms with Gasteiger partial charge in [0.05, 0.1) is 22.0 Å². The maximum absolute atomic E-state index is 13.9. The number of benzene rings is 3. The van der Waals surface area contributed by atoms with Crippen LogP contribution in [0.5, 0.6) is 11.5 Å². The number of rotatable bonds is 14. The van der Waals surface area contributed by atoms with Crippen LogP contribution in [-0.4, -0.2) is 57.3 Å². The van der Waals surface area contributed by atoms with Gasteiger partial charge in [0.2, 0.25) is 28.6 Å². The maximum atomic E-state index is 13.9. The monoisotopic (exact) mass is 647 g/mol. The zero-order valence-corrected chi connectivity index (χ0v) is 26.4. The summed E-state index contributed by atoms with van der Waals surface area (Å²) in [4.78, 5) is 29.0. The maximum Gasteiger partial charge on any atom is 0.243 e. The third-order valence-corrected chi connectivity index (χ3v) is 8.89. The van der Waals surface area contributed by atoms with E-state index in [9.17, 15) is 18.0 Å². The lowest BCUT2D eigenvalue weighted by molar-refractivity contribution is -0.141. The third kappa shape index (κ3) is 8.78. The van der Waals surface area contributed by atoms with Crippen molar-refractivity contribution in [3.63, 3.8) is 0 Å². The molecule has 1 aliphatic heterocycles. The molecule has 0 aliphatic carbocycles. The molecule has 0 aromatic heterocycles. The van der Waals surface area contributed by atoms with Crippen LogP contribution in [0, 0.1) is 0 Å². The second kappa shape index (κ2) is 14.8. The minimum Gasteiger partial charge on any atom is -0.454 e. The molecule has 0 saturated heterocycles. The summed E-state index contributed by atoms with van der Waals surface area (Å²) < 4.78 is 37.4. The van der Waals surface area contributed by atoms with E-state index in [4.69, 9.17) is 32.7 Å². The van der Waals surface area contributed by atoms with Crippen LogP contribution in [0.1, 0.15) is 37.3 Å². The minimum atomic E-state index is -3.67. The van der Waals surface area contributed by atoms with Gasteiger partial charge in [0.15, 0.2) is 11.5 Å². The van der Waals surface area contributed by atoms with Gasteiger partial charge in [-0.2, -0.15) is 0 Å². The van der Waals surface area contributed by atoms with Gasteiger partial charge in [-0.3, -0.25) is 13.9 Å². The van der Waals surface area contributed by atoms with Crippen LogP contribution in [0.3, 0.4) is 0 Å². The standard InChI is InChI=1S/C31H35Cl2N3O6S/c1-3-15-34-31(38)27(18-22-8-5-4-6-9-22)35(20-23-11-13-25(32)26(33)17-23)30(37)10-7-16-36(43(2,39)40)24-12-14-28-29(19-24)42-21-41-28/h4-6,8-9,11-14,17,19,27H,3,7,10,15-16,18,20-21H2,1-2H3,(H,34,38)/t27-/m1/s1. The summed E-state index contributed by atoms with van der Waals surface area (Å²) in [5.74, 6) is 0.433. The Kier molecular flexibility index (Phi) is 11.2. The molecule has 0 fully saturated rings. The number of carbonyl (C=O) groups is 2. The topological polar surface area (TPSA) is 105 Å². The Morgan fingerprint density at radius 3 is 2.40 bits per heavy atom. The summed E-state index contributed by atoms with van der Waals surface area (Å²) in [6.07, 6.45) is 2.38. The number of carbonyl (C=O) groups excluding carboxylic acids is 2. The van der Waals surface area contributed by atoms with E-state index < -0.39 is 16.1 Å². The lowest BCUT2D eigenvalue weighted by atomic mass is 10.0. The number of halogens is 2. The average molecular weight is 649 g/mol. The zero-order chi connectivity index (χ0) is 31.0. The average Bonchev–Trinajstić information content (AvgIpc) is 3.45. The predicted octanol–water partition coefficient (Wildman–Crippen LogP) is 5.43. The Bertz CT molecular complexity index is 1540. The molecule has 2 amide bonds. The normalized spacial score (nSPS) is 12.9. The van der Waals surface area contributed by atoms with E-state index in [0.717, 1.165) is 18.2 Å². The van der Waals surface area contributed by atoms with Crippen molar-refractivity contribution in [1.82, 2.24) is 10.2 Å². The van der Waals surface area contributed by atoms with Gasteiger partial charge in [-0.1, -0.05) is 66.5 Å². The van der Waals surface area contributed by atoms with E-state index in [2.05, 4.69) is 5.32 Å². The fourth-order valence-corrected chi connectivity index (χ4v) is 6.08. The molecule has 3 aromatic carbocycles. The van der Waals surface area contributed by atoms with E-state index in [1.54, 1.807) is 41.3 Å². The van der Waals surface area contributed by atoms with Gasteiger partial charge in [0, 0.05) is 38.5 Å². The highest BCUT2D eigenvalue weighted by molar-refractivity contribution is 7.92. The van der Waals surface area contributed by atoms with Crippen LogP contribution in [-0.2, 0) is 32.6 Å². The minimum absolute atomic E-state index is 0.00421. The number of nitrogens with one attached hydrogen (secondary N) is 1. The summed E-state index contributed by atoms with van der Waals surface area (Å²) in [5, 5.41) is 3.67. The number of nitrogens with zero attached hydrogens (tertiary/aromatic N) is 2. The largest absolute Gasteiger partial charge is 0.454 e. The molecule has 1 atom stereocenters. The second-order valence-electron chi connectivity index (χ2n) is 10.2. The molecule has 1 N–H and O–H groups in total. The summed E-state index contributed by atoms with van der Waals surface area (Å²) in [6.45, 7) is 2.66. The molecule has 0 bridgehead atoms. The molecule has 3 aromatic rings. The molecule has 12 heteroatoms. The molecule has 0 radical (unpaired) electrons. The zero-order valence-electron chi connectivity index (χ0n) is 24.1. The highest BCUT2D eigenvalue weighted by Gasteiger charge is 2.31. The third-order valence-electron chi connectivity index (χ3n) is 6.95. The van der Waals surface area contributed by atoms with Crippen LogP contribution in [0.4, 0.5) is 5.69 Å². The molecular formula is C31H35Cl2N3O6S. The van der Waals surface area contributed by atoms with Gasteiger partial charge >= 0.3 is 0 Å². The summed E-state index contributed by atoms with van der Waals surface area (Å²) >= 11 is 12.4. The first kappa shape index (κ1) is 32.4. The number of sulfonamides is 1. The fourth-order valence-electron chi connectivity index (χ4n) is 4.80. The first-order chi connectivity index (χ1) is 20.6. The Hall–Kier alpha value is -3.47. The van der Waals surface area contributed by atoms with Crippen molar-refractivity contribution >= 4 is 50.7 Å². The van der Waals surface area contributed by atoms with Crippen molar-refractivity contribution < 1.29 is 27.5 Å². The lowest BCUT2D eigenvalue weighted by Crippen LogP contribution is -2.50. The SMILES string of the molecule is CCCNC(=O)[C@@H](Cc1ccccc1)N(Cc1ccc(Cl)c(Cl)c1)C(=O)CCCN(c1ccc2c(c1)OCO2)S(C)(=O)=O. The van der Waals surface area contributed by atoms with E-state index in [0.29, 0.717) is 45.8 Å². The van der Waals surface area contributed by atoms with Gasteiger partial charge in [-0.15, -0.1) is 0 Å². The van der Waals surface area contributed by atoms with Gasteiger partial charge in [-0.25, -0.2) is 8.42 Å². The molecule has 0 spiro atoms. The first-order valence-corrected chi connectivity index (χ1v) is 16.6. The van der Waals surface area contributed by atoms with Crippen LogP contribution < -0.4 is 19.1 Å². The summed E-state index contributed by atoms with van der Waals surface area (Å²) in [5.41, 5.74) is 2.02. The van der Waals surface area contributed by atoms with Crippen LogP contribution in [0.25, 0.3) is 0 Å². The van der Waals surface area contributed by atoms with Crippen molar-refractivity contribution in [1.29, 1.82) is 0 Å². The fraction of sp³-hybridized carbons (Fsp3) is 0.355. The van der Waals surface area contributed by atoms with Gasteiger partial charge in [0.1, 0.15) is 6.04 Å². The second-order valence-corrected chi connectivity index (χ2v) is 13.0. The van der Waals surface area contributed by atoms with Crippen LogP contribution in [0.15, 0.2) is 66.7 Å². The van der Waals surface area contributed by atoms with E-state index in [1.807, 2.05) is 37.3 Å². The Morgan fingerprint density at radius 1 is 0.953 bits per heavy atom.